The molecule has 0 atom stereocenters. The van der Waals surface area contributed by atoms with Crippen LogP contribution in [0.1, 0.15) is 12.0 Å². The van der Waals surface area contributed by atoms with Gasteiger partial charge >= 0.3 is 0 Å². The van der Waals surface area contributed by atoms with Gasteiger partial charge in [0.15, 0.2) is 17.5 Å². The monoisotopic (exact) mass is 283 g/mol. The Balaban J connectivity index is 2.47. The molecule has 1 heterocycles. The summed E-state index contributed by atoms with van der Waals surface area (Å²) in [5.41, 5.74) is 7.97. The maximum absolute atomic E-state index is 13.3. The molecule has 2 rings (SSSR count). The molecule has 0 saturated carbocycles. The van der Waals surface area contributed by atoms with Crippen LogP contribution in [0.15, 0.2) is 28.4 Å². The van der Waals surface area contributed by atoms with E-state index >= 15 is 0 Å². The van der Waals surface area contributed by atoms with Gasteiger partial charge in [-0.3, -0.25) is 4.99 Å². The molecule has 1 aromatic rings. The first-order chi connectivity index (χ1) is 9.43. The van der Waals surface area contributed by atoms with Crippen molar-refractivity contribution >= 4 is 5.71 Å². The minimum Gasteiger partial charge on any atom is -0.401 e. The Morgan fingerprint density at radius 1 is 1.25 bits per heavy atom. The van der Waals surface area contributed by atoms with E-state index in [0.717, 1.165) is 24.3 Å². The first-order valence-corrected chi connectivity index (χ1v) is 6.22. The van der Waals surface area contributed by atoms with Crippen LogP contribution in [-0.2, 0) is 0 Å². The van der Waals surface area contributed by atoms with Gasteiger partial charge < -0.3 is 10.6 Å². The summed E-state index contributed by atoms with van der Waals surface area (Å²) in [5, 5.41) is 0. The predicted octanol–water partition coefficient (Wildman–Crippen LogP) is 2.07. The second kappa shape index (κ2) is 5.66. The largest absolute Gasteiger partial charge is 0.401 e. The third-order valence-corrected chi connectivity index (χ3v) is 3.34. The van der Waals surface area contributed by atoms with E-state index in [2.05, 4.69) is 4.99 Å². The molecule has 1 aliphatic rings. The molecule has 2 N–H and O–H groups in total. The summed E-state index contributed by atoms with van der Waals surface area (Å²) in [6, 6.07) is 1.89. The summed E-state index contributed by atoms with van der Waals surface area (Å²) < 4.78 is 39.7. The van der Waals surface area contributed by atoms with Gasteiger partial charge in [0.25, 0.3) is 0 Å². The Bertz CT molecular complexity index is 570. The van der Waals surface area contributed by atoms with Crippen LogP contribution in [0.5, 0.6) is 0 Å². The van der Waals surface area contributed by atoms with E-state index in [1.54, 1.807) is 0 Å². The van der Waals surface area contributed by atoms with Crippen molar-refractivity contribution in [2.45, 2.75) is 6.42 Å². The quantitative estimate of drug-likeness (QED) is 0.667. The molecule has 0 saturated heterocycles. The molecule has 0 radical (unpaired) electrons. The zero-order valence-corrected chi connectivity index (χ0v) is 11.4. The maximum Gasteiger partial charge on any atom is 0.194 e. The average molecular weight is 283 g/mol. The second-order valence-electron chi connectivity index (χ2n) is 4.82. The minimum absolute atomic E-state index is 0.200. The van der Waals surface area contributed by atoms with Crippen molar-refractivity contribution in [1.82, 2.24) is 4.90 Å². The molecular weight excluding hydrogens is 267 g/mol. The van der Waals surface area contributed by atoms with Crippen molar-refractivity contribution in [3.63, 3.8) is 0 Å². The molecule has 0 aromatic heterocycles. The van der Waals surface area contributed by atoms with Crippen molar-refractivity contribution in [3.05, 3.63) is 46.4 Å². The number of nitrogens with zero attached hydrogens (tertiary/aromatic N) is 2. The number of benzene rings is 1. The van der Waals surface area contributed by atoms with Gasteiger partial charge in [0, 0.05) is 31.4 Å². The van der Waals surface area contributed by atoms with Crippen LogP contribution in [0.2, 0.25) is 0 Å². The Morgan fingerprint density at radius 3 is 2.35 bits per heavy atom. The molecule has 0 spiro atoms. The van der Waals surface area contributed by atoms with E-state index in [1.165, 1.54) is 7.05 Å². The van der Waals surface area contributed by atoms with E-state index < -0.39 is 17.5 Å². The zero-order valence-electron chi connectivity index (χ0n) is 11.4. The Labute approximate surface area is 115 Å². The van der Waals surface area contributed by atoms with Gasteiger partial charge in [0.05, 0.1) is 5.71 Å². The predicted molar refractivity (Wildman–Crippen MR) is 72.1 cm³/mol. The molecule has 0 bridgehead atoms. The van der Waals surface area contributed by atoms with Crippen molar-refractivity contribution in [2.75, 3.05) is 27.2 Å². The second-order valence-corrected chi connectivity index (χ2v) is 4.82. The number of hydrogen-bond donors (Lipinski definition) is 1. The van der Waals surface area contributed by atoms with Gasteiger partial charge in [-0.05, 0) is 31.2 Å². The number of halogens is 3. The molecule has 1 aliphatic heterocycles. The third kappa shape index (κ3) is 2.70. The van der Waals surface area contributed by atoms with Crippen LogP contribution in [0.3, 0.4) is 0 Å². The standard InChI is InChI=1S/C14H16F3N3/c1-19-14(9-3-4-20(2)7-12(9)18)8-5-10(15)13(17)11(16)6-8/h5-6H,3-4,7,18H2,1-2H3. The molecule has 20 heavy (non-hydrogen) atoms. The Morgan fingerprint density at radius 2 is 1.85 bits per heavy atom. The zero-order chi connectivity index (χ0) is 14.9. The van der Waals surface area contributed by atoms with Crippen LogP contribution >= 0.6 is 0 Å². The number of rotatable bonds is 2. The van der Waals surface area contributed by atoms with Crippen LogP contribution in [-0.4, -0.2) is 37.8 Å². The lowest BCUT2D eigenvalue weighted by molar-refractivity contribution is 0.350. The fourth-order valence-corrected chi connectivity index (χ4v) is 2.33. The highest BCUT2D eigenvalue weighted by Gasteiger charge is 2.21. The number of hydrogen-bond acceptors (Lipinski definition) is 3. The summed E-state index contributed by atoms with van der Waals surface area (Å²) in [6.07, 6.45) is 0.635. The molecule has 6 heteroatoms. The molecule has 0 aliphatic carbocycles. The van der Waals surface area contributed by atoms with Gasteiger partial charge in [0.2, 0.25) is 0 Å². The summed E-state index contributed by atoms with van der Waals surface area (Å²) in [4.78, 5) is 6.11. The van der Waals surface area contributed by atoms with Crippen LogP contribution < -0.4 is 5.73 Å². The Hall–Kier alpha value is -1.82. The van der Waals surface area contributed by atoms with Gasteiger partial charge in [-0.2, -0.15) is 0 Å². The highest BCUT2D eigenvalue weighted by Crippen LogP contribution is 2.22. The van der Waals surface area contributed by atoms with Crippen molar-refractivity contribution in [2.24, 2.45) is 10.7 Å². The lowest BCUT2D eigenvalue weighted by Gasteiger charge is -2.26. The average Bonchev–Trinajstić information content (AvgIpc) is 2.39. The van der Waals surface area contributed by atoms with Crippen molar-refractivity contribution in [1.29, 1.82) is 0 Å². The summed E-state index contributed by atoms with van der Waals surface area (Å²) >= 11 is 0. The summed E-state index contributed by atoms with van der Waals surface area (Å²) in [6.45, 7) is 1.35. The van der Waals surface area contributed by atoms with Crippen molar-refractivity contribution < 1.29 is 13.2 Å². The fourth-order valence-electron chi connectivity index (χ4n) is 2.33. The van der Waals surface area contributed by atoms with E-state index in [1.807, 2.05) is 11.9 Å². The maximum atomic E-state index is 13.3. The molecule has 0 fully saturated rings. The SMILES string of the molecule is CN=C(C1=C(N)CN(C)CC1)c1cc(F)c(F)c(F)c1. The van der Waals surface area contributed by atoms with Gasteiger partial charge in [-0.1, -0.05) is 0 Å². The van der Waals surface area contributed by atoms with Gasteiger partial charge in [0.1, 0.15) is 0 Å². The molecule has 1 aromatic carbocycles. The van der Waals surface area contributed by atoms with Crippen LogP contribution in [0.25, 0.3) is 0 Å². The fraction of sp³-hybridized carbons (Fsp3) is 0.357. The minimum atomic E-state index is -1.48. The van der Waals surface area contributed by atoms with Crippen molar-refractivity contribution in [3.8, 4) is 0 Å². The number of likely N-dealkylation sites (N-methyl/N-ethyl adjacent to an activating group) is 1. The first kappa shape index (κ1) is 14.6. The molecule has 0 amide bonds. The lowest BCUT2D eigenvalue weighted by atomic mass is 9.95. The topological polar surface area (TPSA) is 41.6 Å². The van der Waals surface area contributed by atoms with Gasteiger partial charge in [-0.15, -0.1) is 0 Å². The van der Waals surface area contributed by atoms with Gasteiger partial charge in [-0.25, -0.2) is 13.2 Å². The normalized spacial score (nSPS) is 17.8. The third-order valence-electron chi connectivity index (χ3n) is 3.34. The molecular formula is C14H16F3N3. The Kier molecular flexibility index (Phi) is 4.13. The smallest absolute Gasteiger partial charge is 0.194 e. The van der Waals surface area contributed by atoms with E-state index in [9.17, 15) is 13.2 Å². The van der Waals surface area contributed by atoms with E-state index in [-0.39, 0.29) is 5.56 Å². The van der Waals surface area contributed by atoms with E-state index in [4.69, 9.17) is 5.73 Å². The van der Waals surface area contributed by atoms with Crippen LogP contribution in [0, 0.1) is 17.5 Å². The highest BCUT2D eigenvalue weighted by atomic mass is 19.2. The van der Waals surface area contributed by atoms with Crippen LogP contribution in [0.4, 0.5) is 13.2 Å². The van der Waals surface area contributed by atoms with E-state index in [0.29, 0.717) is 24.4 Å². The lowest BCUT2D eigenvalue weighted by Crippen LogP contribution is -2.33. The summed E-state index contributed by atoms with van der Waals surface area (Å²) in [5.74, 6) is -3.93. The number of nitrogens with two attached hydrogens (primary N) is 1. The highest BCUT2D eigenvalue weighted by molar-refractivity contribution is 6.13. The first-order valence-electron chi connectivity index (χ1n) is 6.22. The molecule has 3 nitrogen and oxygen atoms in total. The summed E-state index contributed by atoms with van der Waals surface area (Å²) in [7, 11) is 3.46. The number of aliphatic imine (C=N–C) groups is 1. The molecule has 0 unspecified atom stereocenters. The molecule has 108 valence electrons.